The maximum atomic E-state index is 13.5. The van der Waals surface area contributed by atoms with Crippen LogP contribution in [0.25, 0.3) is 0 Å². The predicted octanol–water partition coefficient (Wildman–Crippen LogP) is 5.20. The Morgan fingerprint density at radius 1 is 1.00 bits per heavy atom. The normalized spacial score (nSPS) is 23.6. The van der Waals surface area contributed by atoms with Crippen molar-refractivity contribution >= 4 is 29.1 Å². The quantitative estimate of drug-likeness (QED) is 0.515. The molecule has 2 aliphatic rings. The van der Waals surface area contributed by atoms with Crippen LogP contribution in [-0.4, -0.2) is 89.8 Å². The molecule has 0 unspecified atom stereocenters. The maximum Gasteiger partial charge on any atom is 0.416 e. The average Bonchev–Trinajstić information content (AvgIpc) is 2.83. The lowest BCUT2D eigenvalue weighted by atomic mass is 10.00. The number of alkyl halides is 3. The van der Waals surface area contributed by atoms with E-state index in [0.29, 0.717) is 26.1 Å². The number of carbonyl (C=O) groups excluding carboxylic acids is 1. The molecule has 0 saturated carbocycles. The molecule has 2 heterocycles. The molecular formula is C27H32Cl2F3N3O3. The van der Waals surface area contributed by atoms with Crippen LogP contribution in [0.5, 0.6) is 5.75 Å². The number of hydrogen-bond donors (Lipinski definition) is 1. The molecule has 0 spiro atoms. The Kier molecular flexibility index (Phi) is 9.15. The Labute approximate surface area is 230 Å². The number of morpholine rings is 1. The number of carbonyl (C=O) groups is 1. The summed E-state index contributed by atoms with van der Waals surface area (Å²) in [5, 5.41) is 10.2. The van der Waals surface area contributed by atoms with Crippen molar-refractivity contribution < 1.29 is 27.8 Å². The summed E-state index contributed by atoms with van der Waals surface area (Å²) in [4.78, 5) is 19.8. The van der Waals surface area contributed by atoms with E-state index in [-0.39, 0.29) is 39.6 Å². The molecule has 2 fully saturated rings. The first-order chi connectivity index (χ1) is 17.9. The molecule has 0 aliphatic carbocycles. The van der Waals surface area contributed by atoms with Gasteiger partial charge in [-0.25, -0.2) is 0 Å². The van der Waals surface area contributed by atoms with Gasteiger partial charge in [-0.05, 0) is 56.2 Å². The van der Waals surface area contributed by atoms with Crippen LogP contribution in [0.3, 0.4) is 0 Å². The second kappa shape index (κ2) is 12.0. The Morgan fingerprint density at radius 3 is 2.34 bits per heavy atom. The lowest BCUT2D eigenvalue weighted by molar-refractivity contribution is -0.137. The highest BCUT2D eigenvalue weighted by Gasteiger charge is 2.35. The molecule has 1 amide bonds. The van der Waals surface area contributed by atoms with Gasteiger partial charge in [0.1, 0.15) is 5.75 Å². The largest absolute Gasteiger partial charge is 0.506 e. The third-order valence-corrected chi connectivity index (χ3v) is 7.55. The van der Waals surface area contributed by atoms with Gasteiger partial charge in [-0.1, -0.05) is 29.3 Å². The summed E-state index contributed by atoms with van der Waals surface area (Å²) in [6, 6.07) is 7.55. The fourth-order valence-corrected chi connectivity index (χ4v) is 5.67. The summed E-state index contributed by atoms with van der Waals surface area (Å²) in [6.07, 6.45) is -3.88. The van der Waals surface area contributed by atoms with Crippen molar-refractivity contribution in [3.8, 4) is 5.75 Å². The van der Waals surface area contributed by atoms with Gasteiger partial charge in [-0.2, -0.15) is 13.2 Å². The highest BCUT2D eigenvalue weighted by molar-refractivity contribution is 6.32. The van der Waals surface area contributed by atoms with Crippen LogP contribution >= 0.6 is 23.2 Å². The number of phenolic OH excluding ortho intramolecular Hbond substituents is 1. The first-order valence-corrected chi connectivity index (χ1v) is 13.4. The van der Waals surface area contributed by atoms with Gasteiger partial charge in [0.2, 0.25) is 0 Å². The molecule has 208 valence electrons. The number of nitrogens with zero attached hydrogens (tertiary/aromatic N) is 3. The summed E-state index contributed by atoms with van der Waals surface area (Å²) < 4.78 is 46.0. The first-order valence-electron chi connectivity index (χ1n) is 12.7. The topological polar surface area (TPSA) is 56.2 Å². The number of hydrogen-bond acceptors (Lipinski definition) is 5. The number of phenols is 1. The van der Waals surface area contributed by atoms with Gasteiger partial charge < -0.3 is 14.7 Å². The van der Waals surface area contributed by atoms with E-state index in [1.54, 1.807) is 23.1 Å². The third-order valence-electron chi connectivity index (χ3n) is 7.01. The highest BCUT2D eigenvalue weighted by Crippen LogP contribution is 2.33. The molecule has 2 aromatic carbocycles. The minimum Gasteiger partial charge on any atom is -0.506 e. The molecule has 0 aromatic heterocycles. The van der Waals surface area contributed by atoms with Gasteiger partial charge in [-0.3, -0.25) is 14.6 Å². The zero-order valence-electron chi connectivity index (χ0n) is 21.3. The van der Waals surface area contributed by atoms with Crippen molar-refractivity contribution in [1.29, 1.82) is 0 Å². The molecule has 0 bridgehead atoms. The van der Waals surface area contributed by atoms with E-state index in [2.05, 4.69) is 23.6 Å². The van der Waals surface area contributed by atoms with Crippen LogP contribution in [0.1, 0.15) is 35.3 Å². The second-order valence-electron chi connectivity index (χ2n) is 10.2. The number of halogens is 5. The Morgan fingerprint density at radius 2 is 1.68 bits per heavy atom. The van der Waals surface area contributed by atoms with Gasteiger partial charge in [0.15, 0.2) is 0 Å². The summed E-state index contributed by atoms with van der Waals surface area (Å²) >= 11 is 11.9. The average molecular weight is 574 g/mol. The number of ether oxygens (including phenoxy) is 1. The number of piperazine rings is 1. The van der Waals surface area contributed by atoms with E-state index in [9.17, 15) is 23.1 Å². The maximum absolute atomic E-state index is 13.5. The molecule has 1 N–H and O–H groups in total. The van der Waals surface area contributed by atoms with Crippen molar-refractivity contribution in [1.82, 2.24) is 14.7 Å². The SMILES string of the molecule is C[C@@H]1CN(CCN2CCN(C(=O)c3cc(Cl)cc(C(F)(F)F)c3)[C@H](Cc3ccc(Cl)c(O)c3)C2)C[C@H](C)O1. The number of aromatic hydroxyl groups is 1. The number of rotatable bonds is 6. The zero-order valence-corrected chi connectivity index (χ0v) is 22.9. The number of amides is 1. The first kappa shape index (κ1) is 29.0. The minimum atomic E-state index is -4.62. The van der Waals surface area contributed by atoms with Crippen LogP contribution in [-0.2, 0) is 17.3 Å². The van der Waals surface area contributed by atoms with Gasteiger partial charge in [0.05, 0.1) is 22.8 Å². The van der Waals surface area contributed by atoms with Crippen molar-refractivity contribution in [2.24, 2.45) is 0 Å². The van der Waals surface area contributed by atoms with Crippen LogP contribution in [0.2, 0.25) is 10.0 Å². The Balaban J connectivity index is 1.53. The van der Waals surface area contributed by atoms with E-state index in [4.69, 9.17) is 27.9 Å². The standard InChI is InChI=1S/C27H32Cl2F3N3O3/c1-17-14-34(15-18(2)38-17)6-5-33-7-8-35(23(16-33)9-19-3-4-24(29)25(36)10-19)26(37)20-11-21(27(30,31)32)13-22(28)12-20/h3-4,10-13,17-18,23,36H,5-9,14-16H2,1-2H3/t17-,18+,23-/m1/s1. The van der Waals surface area contributed by atoms with Crippen molar-refractivity contribution in [2.45, 2.75) is 44.7 Å². The fourth-order valence-electron chi connectivity index (χ4n) is 5.31. The van der Waals surface area contributed by atoms with Crippen LogP contribution in [0, 0.1) is 0 Å². The Bertz CT molecular complexity index is 1140. The fraction of sp³-hybridized carbons (Fsp3) is 0.519. The van der Waals surface area contributed by atoms with Crippen LogP contribution in [0.15, 0.2) is 36.4 Å². The molecule has 0 radical (unpaired) electrons. The van der Waals surface area contributed by atoms with E-state index >= 15 is 0 Å². The molecule has 3 atom stereocenters. The highest BCUT2D eigenvalue weighted by atomic mass is 35.5. The lowest BCUT2D eigenvalue weighted by Gasteiger charge is -2.43. The van der Waals surface area contributed by atoms with Gasteiger partial charge in [0, 0.05) is 62.4 Å². The van der Waals surface area contributed by atoms with E-state index in [0.717, 1.165) is 43.9 Å². The summed E-state index contributed by atoms with van der Waals surface area (Å²) in [5.74, 6) is -0.563. The van der Waals surface area contributed by atoms with Crippen LogP contribution < -0.4 is 0 Å². The monoisotopic (exact) mass is 573 g/mol. The predicted molar refractivity (Wildman–Crippen MR) is 141 cm³/mol. The van der Waals surface area contributed by atoms with E-state index in [1.807, 2.05) is 0 Å². The summed E-state index contributed by atoms with van der Waals surface area (Å²) in [7, 11) is 0. The second-order valence-corrected chi connectivity index (χ2v) is 11.0. The van der Waals surface area contributed by atoms with Gasteiger partial charge in [0.25, 0.3) is 5.91 Å². The molecule has 2 aromatic rings. The third kappa shape index (κ3) is 7.33. The molecule has 11 heteroatoms. The number of benzene rings is 2. The van der Waals surface area contributed by atoms with E-state index < -0.39 is 17.6 Å². The zero-order chi connectivity index (χ0) is 27.6. The summed E-state index contributed by atoms with van der Waals surface area (Å²) in [5.41, 5.74) is -0.284. The molecule has 2 saturated heterocycles. The molecular weight excluding hydrogens is 542 g/mol. The molecule has 38 heavy (non-hydrogen) atoms. The van der Waals surface area contributed by atoms with Crippen molar-refractivity contribution in [2.75, 3.05) is 45.8 Å². The molecule has 4 rings (SSSR count). The summed E-state index contributed by atoms with van der Waals surface area (Å²) in [6.45, 7) is 8.96. The van der Waals surface area contributed by atoms with Crippen molar-refractivity contribution in [3.05, 3.63) is 63.1 Å². The van der Waals surface area contributed by atoms with Crippen LogP contribution in [0.4, 0.5) is 13.2 Å². The minimum absolute atomic E-state index is 0.0603. The lowest BCUT2D eigenvalue weighted by Crippen LogP contribution is -2.57. The van der Waals surface area contributed by atoms with Crippen molar-refractivity contribution in [3.63, 3.8) is 0 Å². The smallest absolute Gasteiger partial charge is 0.416 e. The van der Waals surface area contributed by atoms with E-state index in [1.165, 1.54) is 6.07 Å². The molecule has 6 nitrogen and oxygen atoms in total. The molecule has 2 aliphatic heterocycles. The Hall–Kier alpha value is -2.04. The van der Waals surface area contributed by atoms with Gasteiger partial charge >= 0.3 is 6.18 Å². The van der Waals surface area contributed by atoms with Gasteiger partial charge in [-0.15, -0.1) is 0 Å².